The van der Waals surface area contributed by atoms with Crippen molar-refractivity contribution in [2.75, 3.05) is 19.1 Å². The molecule has 1 aliphatic rings. The predicted molar refractivity (Wildman–Crippen MR) is 121 cm³/mol. The van der Waals surface area contributed by atoms with Crippen LogP contribution in [0.15, 0.2) is 72.1 Å². The van der Waals surface area contributed by atoms with Crippen molar-refractivity contribution in [2.24, 2.45) is 0 Å². The fraction of sp³-hybridized carbons (Fsp3) is 0.167. The highest BCUT2D eigenvalue weighted by Gasteiger charge is 2.28. The smallest absolute Gasteiger partial charge is 0.355 e. The van der Waals surface area contributed by atoms with Crippen LogP contribution in [0.25, 0.3) is 0 Å². The number of ether oxygens (including phenoxy) is 3. The van der Waals surface area contributed by atoms with Crippen LogP contribution in [-0.2, 0) is 19.1 Å². The number of rotatable bonds is 6. The molecule has 0 fully saturated rings. The molecule has 0 unspecified atom stereocenters. The molecule has 1 heterocycles. The van der Waals surface area contributed by atoms with Gasteiger partial charge in [0, 0.05) is 18.3 Å². The van der Waals surface area contributed by atoms with E-state index in [0.29, 0.717) is 5.75 Å². The van der Waals surface area contributed by atoms with Crippen LogP contribution in [0.3, 0.4) is 0 Å². The van der Waals surface area contributed by atoms with Crippen LogP contribution >= 0.6 is 0 Å². The van der Waals surface area contributed by atoms with Gasteiger partial charge in [-0.05, 0) is 43.2 Å². The number of esters is 2. The van der Waals surface area contributed by atoms with Crippen molar-refractivity contribution in [3.63, 3.8) is 0 Å². The van der Waals surface area contributed by atoms with Crippen LogP contribution in [-0.4, -0.2) is 31.1 Å². The first-order chi connectivity index (χ1) is 15.7. The molecule has 0 radical (unpaired) electrons. The Morgan fingerprint density at radius 3 is 2.36 bits per heavy atom. The number of nitro groups is 1. The van der Waals surface area contributed by atoms with Gasteiger partial charge in [0.15, 0.2) is 0 Å². The number of aryl methyl sites for hydroxylation is 2. The summed E-state index contributed by atoms with van der Waals surface area (Å²) in [6.45, 7) is 3.76. The Balaban J connectivity index is 2.19. The van der Waals surface area contributed by atoms with Crippen LogP contribution < -0.4 is 9.64 Å². The van der Waals surface area contributed by atoms with E-state index >= 15 is 0 Å². The predicted octanol–water partition coefficient (Wildman–Crippen LogP) is 4.49. The van der Waals surface area contributed by atoms with Gasteiger partial charge >= 0.3 is 11.9 Å². The first-order valence-corrected chi connectivity index (χ1v) is 9.84. The van der Waals surface area contributed by atoms with Crippen molar-refractivity contribution in [1.82, 2.24) is 0 Å². The number of benzene rings is 2. The molecule has 0 aliphatic carbocycles. The summed E-state index contributed by atoms with van der Waals surface area (Å²) in [4.78, 5) is 37.4. The molecular formula is C24H22N2O7. The lowest BCUT2D eigenvalue weighted by molar-refractivity contribution is -0.384. The number of carbonyl (C=O) groups is 2. The Morgan fingerprint density at radius 2 is 1.70 bits per heavy atom. The number of allylic oxidation sites excluding steroid dienone is 2. The zero-order chi connectivity index (χ0) is 24.1. The lowest BCUT2D eigenvalue weighted by Crippen LogP contribution is -2.27. The summed E-state index contributed by atoms with van der Waals surface area (Å²) in [7, 11) is 2.35. The highest BCUT2D eigenvalue weighted by molar-refractivity contribution is 6.05. The molecule has 0 bridgehead atoms. The number of methoxy groups -OCH3 is 2. The minimum Gasteiger partial charge on any atom is -0.465 e. The highest BCUT2D eigenvalue weighted by atomic mass is 16.6. The van der Waals surface area contributed by atoms with Gasteiger partial charge in [-0.25, -0.2) is 9.59 Å². The maximum atomic E-state index is 12.6. The fourth-order valence-corrected chi connectivity index (χ4v) is 3.18. The summed E-state index contributed by atoms with van der Waals surface area (Å²) in [6.07, 6.45) is 6.00. The maximum Gasteiger partial charge on any atom is 0.355 e. The van der Waals surface area contributed by atoms with E-state index in [4.69, 9.17) is 14.2 Å². The van der Waals surface area contributed by atoms with Crippen LogP contribution in [0.4, 0.5) is 11.4 Å². The number of nitro benzene ring substituents is 1. The van der Waals surface area contributed by atoms with Crippen molar-refractivity contribution in [3.05, 3.63) is 93.3 Å². The molecular weight excluding hydrogens is 428 g/mol. The molecule has 1 aliphatic heterocycles. The van der Waals surface area contributed by atoms with Crippen molar-refractivity contribution in [1.29, 1.82) is 0 Å². The molecule has 0 aromatic heterocycles. The molecule has 0 N–H and O–H groups in total. The van der Waals surface area contributed by atoms with E-state index < -0.39 is 16.9 Å². The highest BCUT2D eigenvalue weighted by Crippen LogP contribution is 2.35. The van der Waals surface area contributed by atoms with Gasteiger partial charge in [0.2, 0.25) is 0 Å². The number of carbonyl (C=O) groups excluding carboxylic acids is 2. The van der Waals surface area contributed by atoms with Gasteiger partial charge in [0.25, 0.3) is 5.69 Å². The Bertz CT molecular complexity index is 1210. The molecule has 2 aromatic rings. The third-order valence-corrected chi connectivity index (χ3v) is 4.83. The minimum atomic E-state index is -0.824. The third kappa shape index (κ3) is 5.09. The standard InChI is InChI=1S/C24H22N2O7/c1-15-8-9-16(2)21(11-15)33-19-13-17(12-18(14-19)26(29)30)25-10-6-5-7-20(23(27)31-3)22(25)24(28)32-4/h5-14H,1-4H3. The molecule has 9 nitrogen and oxygen atoms in total. The Labute approximate surface area is 190 Å². The normalized spacial score (nSPS) is 12.9. The van der Waals surface area contributed by atoms with Crippen molar-refractivity contribution < 1.29 is 28.7 Å². The summed E-state index contributed by atoms with van der Waals surface area (Å²) >= 11 is 0. The number of anilines is 1. The fourth-order valence-electron chi connectivity index (χ4n) is 3.18. The molecule has 0 spiro atoms. The molecule has 33 heavy (non-hydrogen) atoms. The van der Waals surface area contributed by atoms with Gasteiger partial charge in [-0.15, -0.1) is 0 Å². The molecule has 0 saturated heterocycles. The van der Waals surface area contributed by atoms with Crippen LogP contribution in [0.2, 0.25) is 0 Å². The first-order valence-electron chi connectivity index (χ1n) is 9.84. The van der Waals surface area contributed by atoms with Gasteiger partial charge in [0.1, 0.15) is 17.2 Å². The zero-order valence-electron chi connectivity index (χ0n) is 18.5. The van der Waals surface area contributed by atoms with Gasteiger partial charge in [-0.2, -0.15) is 0 Å². The lowest BCUT2D eigenvalue weighted by atomic mass is 10.1. The van der Waals surface area contributed by atoms with E-state index in [1.807, 2.05) is 32.0 Å². The second-order valence-electron chi connectivity index (χ2n) is 7.13. The average molecular weight is 450 g/mol. The van der Waals surface area contributed by atoms with Gasteiger partial charge < -0.3 is 19.1 Å². The molecule has 2 aromatic carbocycles. The van der Waals surface area contributed by atoms with E-state index in [1.54, 1.807) is 12.2 Å². The largest absolute Gasteiger partial charge is 0.465 e. The van der Waals surface area contributed by atoms with E-state index in [9.17, 15) is 19.7 Å². The van der Waals surface area contributed by atoms with Gasteiger partial charge in [0.05, 0.1) is 36.5 Å². The molecule has 3 rings (SSSR count). The number of hydrogen-bond donors (Lipinski definition) is 0. The Kier molecular flexibility index (Phi) is 6.92. The summed E-state index contributed by atoms with van der Waals surface area (Å²) in [5.41, 5.74) is 1.52. The monoisotopic (exact) mass is 450 g/mol. The average Bonchev–Trinajstić information content (AvgIpc) is 3.03. The van der Waals surface area contributed by atoms with Crippen LogP contribution in [0.5, 0.6) is 11.5 Å². The van der Waals surface area contributed by atoms with Crippen molar-refractivity contribution in [2.45, 2.75) is 13.8 Å². The Morgan fingerprint density at radius 1 is 0.970 bits per heavy atom. The number of nitrogens with zero attached hydrogens (tertiary/aromatic N) is 2. The van der Waals surface area contributed by atoms with Crippen molar-refractivity contribution >= 4 is 23.3 Å². The second-order valence-corrected chi connectivity index (χ2v) is 7.13. The number of non-ortho nitro benzene ring substituents is 1. The quantitative estimate of drug-likeness (QED) is 0.360. The molecule has 0 saturated carbocycles. The maximum absolute atomic E-state index is 12.6. The third-order valence-electron chi connectivity index (χ3n) is 4.83. The second kappa shape index (κ2) is 9.82. The lowest BCUT2D eigenvalue weighted by Gasteiger charge is -2.23. The van der Waals surface area contributed by atoms with E-state index in [-0.39, 0.29) is 28.4 Å². The van der Waals surface area contributed by atoms with Gasteiger partial charge in [-0.3, -0.25) is 10.1 Å². The van der Waals surface area contributed by atoms with E-state index in [1.165, 1.54) is 49.6 Å². The molecule has 0 amide bonds. The van der Waals surface area contributed by atoms with E-state index in [2.05, 4.69) is 0 Å². The van der Waals surface area contributed by atoms with Crippen LogP contribution in [0, 0.1) is 24.0 Å². The summed E-state index contributed by atoms with van der Waals surface area (Å²) in [5.74, 6) is -0.872. The first kappa shape index (κ1) is 23.3. The zero-order valence-corrected chi connectivity index (χ0v) is 18.5. The van der Waals surface area contributed by atoms with Gasteiger partial charge in [-0.1, -0.05) is 18.2 Å². The molecule has 0 atom stereocenters. The Hall–Kier alpha value is -4.40. The summed E-state index contributed by atoms with van der Waals surface area (Å²) < 4.78 is 15.6. The minimum absolute atomic E-state index is 0.0714. The topological polar surface area (TPSA) is 108 Å². The van der Waals surface area contributed by atoms with E-state index in [0.717, 1.165) is 11.1 Å². The number of hydrogen-bond acceptors (Lipinski definition) is 8. The summed E-state index contributed by atoms with van der Waals surface area (Å²) in [5, 5.41) is 11.6. The molecule has 170 valence electrons. The van der Waals surface area contributed by atoms with Crippen molar-refractivity contribution in [3.8, 4) is 11.5 Å². The van der Waals surface area contributed by atoms with Crippen LogP contribution in [0.1, 0.15) is 11.1 Å². The summed E-state index contributed by atoms with van der Waals surface area (Å²) in [6, 6.07) is 9.71. The molecule has 9 heteroatoms. The SMILES string of the molecule is COC(=O)C1=C(C(=O)OC)N(c2cc(Oc3cc(C)ccc3C)cc([N+](=O)[O-])c2)C=CC=C1.